The number of aryl methyl sites for hydroxylation is 1. The van der Waals surface area contributed by atoms with Gasteiger partial charge in [0.15, 0.2) is 5.75 Å². The number of fused-ring (bicyclic) bond motifs is 1. The molecule has 2 atom stereocenters. The fourth-order valence-electron chi connectivity index (χ4n) is 4.34. The molecule has 4 rings (SSSR count). The van der Waals surface area contributed by atoms with Gasteiger partial charge in [-0.3, -0.25) is 10.1 Å². The maximum absolute atomic E-state index is 11.5. The number of hydrogen-bond donors (Lipinski definition) is 1. The number of benzene rings is 3. The third-order valence-corrected chi connectivity index (χ3v) is 5.89. The lowest BCUT2D eigenvalue weighted by atomic mass is 9.73. The zero-order chi connectivity index (χ0) is 21.6. The lowest BCUT2D eigenvalue weighted by Crippen LogP contribution is -2.23. The van der Waals surface area contributed by atoms with E-state index in [1.165, 1.54) is 17.2 Å². The molecule has 31 heavy (non-hydrogen) atoms. The first-order chi connectivity index (χ1) is 15.2. The molecule has 1 N–H and O–H groups in total. The second kappa shape index (κ2) is 9.43. The highest BCUT2D eigenvalue weighted by Crippen LogP contribution is 2.39. The van der Waals surface area contributed by atoms with Gasteiger partial charge in [0.05, 0.1) is 4.92 Å². The largest absolute Gasteiger partial charge is 0.482 e. The van der Waals surface area contributed by atoms with Gasteiger partial charge in [-0.1, -0.05) is 60.7 Å². The van der Waals surface area contributed by atoms with E-state index in [0.29, 0.717) is 6.42 Å². The highest BCUT2D eigenvalue weighted by atomic mass is 16.6. The van der Waals surface area contributed by atoms with Crippen LogP contribution in [0.3, 0.4) is 0 Å². The topological polar surface area (TPSA) is 85.0 Å². The molecule has 0 radical (unpaired) electrons. The molecule has 6 nitrogen and oxygen atoms in total. The first-order valence-electron chi connectivity index (χ1n) is 10.3. The summed E-state index contributed by atoms with van der Waals surface area (Å²) in [6.07, 6.45) is 4.12. The summed E-state index contributed by atoms with van der Waals surface area (Å²) in [7, 11) is 0. The van der Waals surface area contributed by atoms with Crippen molar-refractivity contribution in [3.8, 4) is 5.75 Å². The summed E-state index contributed by atoms with van der Waals surface area (Å²) < 4.78 is 5.85. The second-order valence-electron chi connectivity index (χ2n) is 7.81. The van der Waals surface area contributed by atoms with E-state index in [1.54, 1.807) is 18.3 Å². The number of ether oxygens (including phenoxy) is 1. The average Bonchev–Trinajstić information content (AvgIpc) is 2.80. The van der Waals surface area contributed by atoms with Gasteiger partial charge in [0.25, 0.3) is 0 Å². The molecule has 1 aliphatic carbocycles. The van der Waals surface area contributed by atoms with E-state index >= 15 is 0 Å². The Hall–Kier alpha value is -3.67. The highest BCUT2D eigenvalue weighted by Gasteiger charge is 2.29. The van der Waals surface area contributed by atoms with E-state index in [1.807, 2.05) is 42.5 Å². The normalized spacial score (nSPS) is 17.9. The summed E-state index contributed by atoms with van der Waals surface area (Å²) in [6, 6.07) is 23.0. The first kappa shape index (κ1) is 20.6. The van der Waals surface area contributed by atoms with E-state index in [2.05, 4.69) is 17.3 Å². The van der Waals surface area contributed by atoms with Crippen molar-refractivity contribution in [2.75, 3.05) is 0 Å². The van der Waals surface area contributed by atoms with Gasteiger partial charge in [-0.2, -0.15) is 0 Å². The molecule has 3 aromatic carbocycles. The molecule has 0 bridgehead atoms. The number of rotatable bonds is 7. The van der Waals surface area contributed by atoms with Gasteiger partial charge < -0.3 is 9.94 Å². The van der Waals surface area contributed by atoms with E-state index in [0.717, 1.165) is 24.0 Å². The third kappa shape index (κ3) is 4.74. The number of oxime groups is 1. The Morgan fingerprint density at radius 3 is 2.61 bits per heavy atom. The Morgan fingerprint density at radius 1 is 1.06 bits per heavy atom. The molecule has 0 aromatic heterocycles. The smallest absolute Gasteiger partial charge is 0.310 e. The third-order valence-electron chi connectivity index (χ3n) is 5.89. The van der Waals surface area contributed by atoms with Crippen molar-refractivity contribution in [3.05, 3.63) is 105 Å². The van der Waals surface area contributed by atoms with E-state index in [9.17, 15) is 10.1 Å². The minimum Gasteiger partial charge on any atom is -0.482 e. The second-order valence-corrected chi connectivity index (χ2v) is 7.81. The number of nitro benzene ring substituents is 1. The zero-order valence-electron chi connectivity index (χ0n) is 17.1. The molecule has 3 aromatic rings. The Kier molecular flexibility index (Phi) is 6.26. The van der Waals surface area contributed by atoms with Crippen LogP contribution in [0.2, 0.25) is 0 Å². The molecule has 6 heteroatoms. The van der Waals surface area contributed by atoms with Crippen molar-refractivity contribution in [1.29, 1.82) is 0 Å². The van der Waals surface area contributed by atoms with Gasteiger partial charge >= 0.3 is 5.69 Å². The highest BCUT2D eigenvalue weighted by molar-refractivity contribution is 5.63. The van der Waals surface area contributed by atoms with Gasteiger partial charge in [-0.15, -0.1) is 5.16 Å². The zero-order valence-corrected chi connectivity index (χ0v) is 17.1. The quantitative estimate of drug-likeness (QED) is 0.238. The minimum absolute atomic E-state index is 0.0443. The van der Waals surface area contributed by atoms with Crippen LogP contribution in [-0.4, -0.2) is 16.3 Å². The fraction of sp³-hybridized carbons (Fsp3) is 0.240. The van der Waals surface area contributed by atoms with Crippen LogP contribution >= 0.6 is 0 Å². The van der Waals surface area contributed by atoms with Crippen LogP contribution < -0.4 is 4.74 Å². The predicted octanol–water partition coefficient (Wildman–Crippen LogP) is 5.52. The lowest BCUT2D eigenvalue weighted by molar-refractivity contribution is -0.386. The Balaban J connectivity index is 1.62. The van der Waals surface area contributed by atoms with Crippen molar-refractivity contribution in [2.24, 2.45) is 11.1 Å². The average molecular weight is 416 g/mol. The molecule has 0 heterocycles. The molecular formula is C25H24N2O4. The van der Waals surface area contributed by atoms with Crippen LogP contribution in [0, 0.1) is 16.0 Å². The molecule has 2 unspecified atom stereocenters. The minimum atomic E-state index is -0.415. The maximum atomic E-state index is 11.5. The van der Waals surface area contributed by atoms with Crippen LogP contribution in [0.1, 0.15) is 34.6 Å². The van der Waals surface area contributed by atoms with Gasteiger partial charge in [0, 0.05) is 18.2 Å². The molecule has 0 fully saturated rings. The standard InChI is InChI=1S/C25H24N2O4/c28-26-16-21-12-11-20-8-4-5-9-22(20)23(21)14-19-10-13-24(27(29)30)25(15-19)31-17-18-6-2-1-3-7-18/h1-10,13,15-16,21,23,28H,11-12,14,17H2. The lowest BCUT2D eigenvalue weighted by Gasteiger charge is -2.31. The Labute approximate surface area is 181 Å². The van der Waals surface area contributed by atoms with Crippen LogP contribution in [0.15, 0.2) is 78.0 Å². The summed E-state index contributed by atoms with van der Waals surface area (Å²) >= 11 is 0. The first-order valence-corrected chi connectivity index (χ1v) is 10.3. The van der Waals surface area contributed by atoms with Crippen molar-refractivity contribution in [3.63, 3.8) is 0 Å². The van der Waals surface area contributed by atoms with Crippen LogP contribution in [-0.2, 0) is 19.4 Å². The number of hydrogen-bond acceptors (Lipinski definition) is 5. The molecule has 0 amide bonds. The number of nitro groups is 1. The molecule has 0 spiro atoms. The van der Waals surface area contributed by atoms with Gasteiger partial charge in [0.1, 0.15) is 6.61 Å². The molecular weight excluding hydrogens is 392 g/mol. The van der Waals surface area contributed by atoms with Crippen LogP contribution in [0.4, 0.5) is 5.69 Å². The van der Waals surface area contributed by atoms with Crippen LogP contribution in [0.25, 0.3) is 0 Å². The Bertz CT molecular complexity index is 1080. The summed E-state index contributed by atoms with van der Waals surface area (Å²) in [5.74, 6) is 0.496. The van der Waals surface area contributed by atoms with E-state index in [4.69, 9.17) is 9.94 Å². The molecule has 0 saturated carbocycles. The van der Waals surface area contributed by atoms with Crippen molar-refractivity contribution in [1.82, 2.24) is 0 Å². The summed E-state index contributed by atoms with van der Waals surface area (Å²) in [5.41, 5.74) is 4.40. The molecule has 158 valence electrons. The van der Waals surface area contributed by atoms with E-state index < -0.39 is 4.92 Å². The predicted molar refractivity (Wildman–Crippen MR) is 119 cm³/mol. The van der Waals surface area contributed by atoms with Crippen LogP contribution in [0.5, 0.6) is 5.75 Å². The molecule has 0 aliphatic heterocycles. The van der Waals surface area contributed by atoms with Gasteiger partial charge in [-0.25, -0.2) is 0 Å². The summed E-state index contributed by atoms with van der Waals surface area (Å²) in [6.45, 7) is 0.261. The van der Waals surface area contributed by atoms with Gasteiger partial charge in [0.2, 0.25) is 0 Å². The number of nitrogens with zero attached hydrogens (tertiary/aromatic N) is 2. The van der Waals surface area contributed by atoms with Crippen molar-refractivity contribution in [2.45, 2.75) is 31.8 Å². The SMILES string of the molecule is O=[N+]([O-])c1ccc(CC2c3ccccc3CCC2C=NO)cc1OCc1ccccc1. The Morgan fingerprint density at radius 2 is 1.84 bits per heavy atom. The van der Waals surface area contributed by atoms with Crippen molar-refractivity contribution >= 4 is 11.9 Å². The van der Waals surface area contributed by atoms with Gasteiger partial charge in [-0.05, 0) is 53.5 Å². The van der Waals surface area contributed by atoms with Crippen molar-refractivity contribution < 1.29 is 14.9 Å². The molecule has 0 saturated heterocycles. The summed E-state index contributed by atoms with van der Waals surface area (Å²) in [4.78, 5) is 11.1. The summed E-state index contributed by atoms with van der Waals surface area (Å²) in [5, 5.41) is 24.0. The molecule has 1 aliphatic rings. The maximum Gasteiger partial charge on any atom is 0.310 e. The fourth-order valence-corrected chi connectivity index (χ4v) is 4.34. The monoisotopic (exact) mass is 416 g/mol. The van der Waals surface area contributed by atoms with E-state index in [-0.39, 0.29) is 29.9 Å².